The normalized spacial score (nSPS) is 30.1. The first kappa shape index (κ1) is 47.5. The zero-order chi connectivity index (χ0) is 40.3. The van der Waals surface area contributed by atoms with Crippen molar-refractivity contribution in [3.63, 3.8) is 0 Å². The van der Waals surface area contributed by atoms with Crippen LogP contribution < -0.4 is 16.8 Å². The molecule has 55 heavy (non-hydrogen) atoms. The van der Waals surface area contributed by atoms with Crippen LogP contribution in [-0.2, 0) is 4.79 Å². The topological polar surface area (TPSA) is 84.4 Å². The highest BCUT2D eigenvalue weighted by Crippen LogP contribution is 2.67. The molecule has 4 rings (SSSR count). The van der Waals surface area contributed by atoms with Crippen molar-refractivity contribution in [2.75, 3.05) is 31.9 Å². The van der Waals surface area contributed by atoms with E-state index >= 15 is 0 Å². The Hall–Kier alpha value is -0.210. The molecule has 3 saturated carbocycles. The van der Waals surface area contributed by atoms with Crippen LogP contribution in [0, 0.1) is 46.3 Å². The summed E-state index contributed by atoms with van der Waals surface area (Å²) < 4.78 is 0. The number of carbonyl (C=O) groups is 1. The standard InChI is InChI=1S/C48H90N4OS2/c1-10-47(49,11-2)28-31-51-30-14-15-32-52(33-29-48(50,12-3)13-4)44(53)25-34-54-55-39-23-26-45(8)38(35-39)19-20-40-42-22-21-41(37(7)18-16-17-36(5)6)46(42,9)27-24-43(40)45/h19,36-37,39-43,51H,10-18,20-35,49-50H2,1-9H3/t37?,39-,40-,41+,42-,43-,45-,46+/m0/s1. The Morgan fingerprint density at radius 1 is 0.873 bits per heavy atom. The summed E-state index contributed by atoms with van der Waals surface area (Å²) in [5, 5.41) is 4.29. The number of amides is 1. The third kappa shape index (κ3) is 12.4. The number of allylic oxidation sites excluding steroid dienone is 2. The summed E-state index contributed by atoms with van der Waals surface area (Å²) in [6, 6.07) is 0. The highest BCUT2D eigenvalue weighted by Gasteiger charge is 2.59. The average molecular weight is 803 g/mol. The van der Waals surface area contributed by atoms with Gasteiger partial charge in [-0.15, -0.1) is 0 Å². The van der Waals surface area contributed by atoms with Crippen molar-refractivity contribution in [1.82, 2.24) is 10.2 Å². The number of nitrogens with one attached hydrogen (secondary N) is 1. The van der Waals surface area contributed by atoms with Crippen molar-refractivity contribution in [2.24, 2.45) is 57.8 Å². The van der Waals surface area contributed by atoms with Crippen LogP contribution in [0.1, 0.15) is 191 Å². The lowest BCUT2D eigenvalue weighted by atomic mass is 9.47. The minimum absolute atomic E-state index is 0.0446. The number of fused-ring (bicyclic) bond motifs is 5. The first-order valence-electron chi connectivity index (χ1n) is 23.7. The van der Waals surface area contributed by atoms with Gasteiger partial charge in [-0.05, 0) is 162 Å². The van der Waals surface area contributed by atoms with Gasteiger partial charge < -0.3 is 21.7 Å². The molecule has 0 aromatic carbocycles. The van der Waals surface area contributed by atoms with Crippen molar-refractivity contribution in [3.8, 4) is 0 Å². The van der Waals surface area contributed by atoms with Crippen molar-refractivity contribution >= 4 is 27.5 Å². The van der Waals surface area contributed by atoms with Gasteiger partial charge in [0, 0.05) is 41.6 Å². The molecule has 7 heteroatoms. The van der Waals surface area contributed by atoms with Crippen LogP contribution in [0.4, 0.5) is 0 Å². The maximum atomic E-state index is 13.6. The minimum atomic E-state index is -0.177. The summed E-state index contributed by atoms with van der Waals surface area (Å²) >= 11 is 0. The van der Waals surface area contributed by atoms with E-state index in [0.29, 0.717) is 28.4 Å². The zero-order valence-electron chi connectivity index (χ0n) is 37.6. The third-order valence-corrected chi connectivity index (χ3v) is 19.6. The average Bonchev–Trinajstić information content (AvgIpc) is 3.54. The van der Waals surface area contributed by atoms with Gasteiger partial charge in [0.25, 0.3) is 0 Å². The summed E-state index contributed by atoms with van der Waals surface area (Å²) in [6.07, 6.45) is 26.8. The van der Waals surface area contributed by atoms with E-state index < -0.39 is 0 Å². The Balaban J connectivity index is 1.23. The SMILES string of the molecule is CCC(N)(CC)CCNCCCCN(CCC(N)(CC)CC)C(=O)CCSS[C@H]1CC[C@@]2(C)C(=CC[C@H]3[C@@H]4CC[C@H](C(C)CCCC(C)C)[C@@]4(C)CC[C@@H]32)C1. The highest BCUT2D eigenvalue weighted by molar-refractivity contribution is 8.76. The van der Waals surface area contributed by atoms with E-state index in [1.807, 2.05) is 10.8 Å². The predicted molar refractivity (Wildman–Crippen MR) is 244 cm³/mol. The predicted octanol–water partition coefficient (Wildman–Crippen LogP) is 12.2. The second-order valence-corrected chi connectivity index (χ2v) is 23.1. The molecule has 8 atom stereocenters. The molecule has 0 spiro atoms. The lowest BCUT2D eigenvalue weighted by Gasteiger charge is -2.58. The van der Waals surface area contributed by atoms with Crippen LogP contribution in [-0.4, -0.2) is 59.1 Å². The quantitative estimate of drug-likeness (QED) is 0.0484. The van der Waals surface area contributed by atoms with Gasteiger partial charge >= 0.3 is 0 Å². The third-order valence-electron chi connectivity index (χ3n) is 16.7. The van der Waals surface area contributed by atoms with E-state index in [0.717, 1.165) is 119 Å². The Morgan fingerprint density at radius 2 is 1.58 bits per heavy atom. The van der Waals surface area contributed by atoms with E-state index in [9.17, 15) is 4.79 Å². The molecule has 5 nitrogen and oxygen atoms in total. The molecule has 1 unspecified atom stereocenters. The summed E-state index contributed by atoms with van der Waals surface area (Å²) in [5.41, 5.74) is 15.7. The number of hydrogen-bond acceptors (Lipinski definition) is 6. The molecule has 0 bridgehead atoms. The van der Waals surface area contributed by atoms with E-state index in [4.69, 9.17) is 11.5 Å². The first-order valence-corrected chi connectivity index (χ1v) is 26.1. The van der Waals surface area contributed by atoms with Gasteiger partial charge in [0.05, 0.1) is 0 Å². The second-order valence-electron chi connectivity index (χ2n) is 20.3. The Morgan fingerprint density at radius 3 is 2.27 bits per heavy atom. The number of hydrogen-bond donors (Lipinski definition) is 3. The molecule has 5 N–H and O–H groups in total. The van der Waals surface area contributed by atoms with E-state index in [1.54, 1.807) is 5.57 Å². The molecule has 4 aliphatic rings. The zero-order valence-corrected chi connectivity index (χ0v) is 39.3. The maximum Gasteiger partial charge on any atom is 0.223 e. The molecule has 0 aromatic heterocycles. The maximum absolute atomic E-state index is 13.6. The second kappa shape index (κ2) is 21.9. The van der Waals surface area contributed by atoms with Crippen molar-refractivity contribution in [1.29, 1.82) is 0 Å². The van der Waals surface area contributed by atoms with Crippen molar-refractivity contribution in [3.05, 3.63) is 11.6 Å². The molecular weight excluding hydrogens is 713 g/mol. The summed E-state index contributed by atoms with van der Waals surface area (Å²) in [5.74, 6) is 6.60. The summed E-state index contributed by atoms with van der Waals surface area (Å²) in [7, 11) is 4.05. The van der Waals surface area contributed by atoms with Crippen LogP contribution in [0.25, 0.3) is 0 Å². The van der Waals surface area contributed by atoms with Crippen LogP contribution in [0.3, 0.4) is 0 Å². The van der Waals surface area contributed by atoms with Crippen molar-refractivity contribution in [2.45, 2.75) is 207 Å². The Labute approximate surface area is 349 Å². The smallest absolute Gasteiger partial charge is 0.223 e. The van der Waals surface area contributed by atoms with Gasteiger partial charge in [0.1, 0.15) is 0 Å². The van der Waals surface area contributed by atoms with Crippen molar-refractivity contribution < 1.29 is 4.79 Å². The number of rotatable bonds is 25. The fourth-order valence-electron chi connectivity index (χ4n) is 12.1. The molecule has 1 amide bonds. The molecule has 320 valence electrons. The van der Waals surface area contributed by atoms with Gasteiger partial charge in [-0.3, -0.25) is 4.79 Å². The number of carbonyl (C=O) groups excluding carboxylic acids is 1. The van der Waals surface area contributed by atoms with Crippen LogP contribution in [0.5, 0.6) is 0 Å². The first-order chi connectivity index (χ1) is 26.2. The monoisotopic (exact) mass is 803 g/mol. The van der Waals surface area contributed by atoms with Gasteiger partial charge in [0.15, 0.2) is 0 Å². The fourth-order valence-corrected chi connectivity index (χ4v) is 14.7. The minimum Gasteiger partial charge on any atom is -0.343 e. The molecule has 0 heterocycles. The Bertz CT molecular complexity index is 1180. The molecule has 0 aromatic rings. The van der Waals surface area contributed by atoms with E-state index in [1.165, 1.54) is 70.6 Å². The molecular formula is C48H90N4OS2. The van der Waals surface area contributed by atoms with Crippen LogP contribution in [0.2, 0.25) is 0 Å². The molecule has 3 fully saturated rings. The summed E-state index contributed by atoms with van der Waals surface area (Å²) in [6.45, 7) is 25.1. The van der Waals surface area contributed by atoms with Gasteiger partial charge in [-0.25, -0.2) is 0 Å². The molecule has 0 aliphatic heterocycles. The molecule has 4 aliphatic carbocycles. The van der Waals surface area contributed by atoms with Crippen LogP contribution >= 0.6 is 21.6 Å². The lowest BCUT2D eigenvalue weighted by molar-refractivity contribution is -0.131. The van der Waals surface area contributed by atoms with Crippen LogP contribution in [0.15, 0.2) is 11.6 Å². The number of nitrogens with zero attached hydrogens (tertiary/aromatic N) is 1. The van der Waals surface area contributed by atoms with E-state index in [2.05, 4.69) is 89.4 Å². The largest absolute Gasteiger partial charge is 0.343 e. The highest BCUT2D eigenvalue weighted by atomic mass is 33.1. The fraction of sp³-hybridized carbons (Fsp3) is 0.938. The summed E-state index contributed by atoms with van der Waals surface area (Å²) in [4.78, 5) is 15.8. The Kier molecular flexibility index (Phi) is 18.9. The van der Waals surface area contributed by atoms with Gasteiger partial charge in [-0.1, -0.05) is 115 Å². The molecule has 0 saturated heterocycles. The van der Waals surface area contributed by atoms with Gasteiger partial charge in [-0.2, -0.15) is 0 Å². The number of nitrogens with two attached hydrogens (primary N) is 2. The lowest BCUT2D eigenvalue weighted by Crippen LogP contribution is -2.50. The van der Waals surface area contributed by atoms with Gasteiger partial charge in [0.2, 0.25) is 5.91 Å². The molecule has 0 radical (unpaired) electrons. The van der Waals surface area contributed by atoms with E-state index in [-0.39, 0.29) is 11.1 Å². The number of unbranched alkanes of at least 4 members (excludes halogenated alkanes) is 1.